The number of rotatable bonds is 9. The standard InChI is InChI=1S/C25H23N5O2S/c1-32-14-2-12-28-24(31)20-7-3-19(4-8-20)17-30-23-16-27-13-11-22(23)29-25(30)33-21-9-5-18(15-26)6-10-21/h3-11,13,16H,2,12,14,17H2,1H3,(H,28,31). The lowest BCUT2D eigenvalue weighted by molar-refractivity contribution is 0.0948. The fraction of sp³-hybridized carbons (Fsp3) is 0.200. The number of pyridine rings is 1. The molecule has 0 saturated heterocycles. The zero-order valence-corrected chi connectivity index (χ0v) is 19.0. The van der Waals surface area contributed by atoms with E-state index < -0.39 is 0 Å². The number of hydrogen-bond donors (Lipinski definition) is 1. The monoisotopic (exact) mass is 457 g/mol. The SMILES string of the molecule is COCCCNC(=O)c1ccc(Cn2c(Sc3ccc(C#N)cc3)nc3ccncc32)cc1. The third-order valence-corrected chi connectivity index (χ3v) is 6.08. The Morgan fingerprint density at radius 3 is 2.67 bits per heavy atom. The second-order valence-electron chi connectivity index (χ2n) is 7.38. The van der Waals surface area contributed by atoms with Crippen LogP contribution in [0.15, 0.2) is 77.0 Å². The average Bonchev–Trinajstić information content (AvgIpc) is 3.19. The molecule has 0 aliphatic rings. The Kier molecular flexibility index (Phi) is 7.35. The number of nitrogens with one attached hydrogen (secondary N) is 1. The Hall–Kier alpha value is -3.67. The van der Waals surface area contributed by atoms with Gasteiger partial charge in [0, 0.05) is 36.9 Å². The molecule has 0 saturated carbocycles. The van der Waals surface area contributed by atoms with Crippen molar-refractivity contribution in [2.45, 2.75) is 23.0 Å². The minimum atomic E-state index is -0.0907. The van der Waals surface area contributed by atoms with Gasteiger partial charge in [-0.25, -0.2) is 4.98 Å². The first-order valence-corrected chi connectivity index (χ1v) is 11.3. The second-order valence-corrected chi connectivity index (χ2v) is 8.42. The first-order valence-electron chi connectivity index (χ1n) is 10.5. The maximum atomic E-state index is 12.3. The van der Waals surface area contributed by atoms with Crippen molar-refractivity contribution in [1.82, 2.24) is 19.9 Å². The molecule has 0 spiro atoms. The fourth-order valence-corrected chi connectivity index (χ4v) is 4.25. The van der Waals surface area contributed by atoms with Crippen molar-refractivity contribution in [3.05, 3.63) is 83.7 Å². The number of methoxy groups -OCH3 is 1. The third kappa shape index (κ3) is 5.58. The maximum Gasteiger partial charge on any atom is 0.251 e. The van der Waals surface area contributed by atoms with Crippen molar-refractivity contribution in [3.63, 3.8) is 0 Å². The van der Waals surface area contributed by atoms with Gasteiger partial charge in [0.2, 0.25) is 0 Å². The number of amides is 1. The second kappa shape index (κ2) is 10.8. The van der Waals surface area contributed by atoms with Gasteiger partial charge in [-0.05, 0) is 54.4 Å². The fourth-order valence-electron chi connectivity index (χ4n) is 3.35. The summed E-state index contributed by atoms with van der Waals surface area (Å²) in [5.74, 6) is -0.0907. The molecular formula is C25H23N5O2S. The molecule has 0 aliphatic carbocycles. The third-order valence-electron chi connectivity index (χ3n) is 5.08. The Balaban J connectivity index is 1.53. The number of fused-ring (bicyclic) bond motifs is 1. The van der Waals surface area contributed by atoms with E-state index in [9.17, 15) is 4.79 Å². The summed E-state index contributed by atoms with van der Waals surface area (Å²) in [4.78, 5) is 22.4. The number of nitrogens with zero attached hydrogens (tertiary/aromatic N) is 4. The van der Waals surface area contributed by atoms with E-state index in [0.717, 1.165) is 33.1 Å². The van der Waals surface area contributed by atoms with Gasteiger partial charge in [0.1, 0.15) is 0 Å². The molecule has 2 heterocycles. The van der Waals surface area contributed by atoms with Gasteiger partial charge in [0.25, 0.3) is 5.91 Å². The van der Waals surface area contributed by atoms with Gasteiger partial charge in [0.05, 0.1) is 35.4 Å². The van der Waals surface area contributed by atoms with E-state index in [4.69, 9.17) is 15.0 Å². The molecule has 1 amide bonds. The lowest BCUT2D eigenvalue weighted by Gasteiger charge is -2.10. The molecule has 0 fully saturated rings. The van der Waals surface area contributed by atoms with E-state index in [1.165, 1.54) is 11.8 Å². The van der Waals surface area contributed by atoms with Crippen molar-refractivity contribution < 1.29 is 9.53 Å². The molecule has 1 N–H and O–H groups in total. The van der Waals surface area contributed by atoms with E-state index in [1.54, 1.807) is 25.4 Å². The molecule has 4 rings (SSSR count). The maximum absolute atomic E-state index is 12.3. The van der Waals surface area contributed by atoms with Crippen LogP contribution in [0.2, 0.25) is 0 Å². The Morgan fingerprint density at radius 1 is 1.15 bits per heavy atom. The Morgan fingerprint density at radius 2 is 1.94 bits per heavy atom. The zero-order chi connectivity index (χ0) is 23.0. The number of aromatic nitrogens is 3. The van der Waals surface area contributed by atoms with Crippen LogP contribution in [0.5, 0.6) is 0 Å². The molecule has 7 nitrogen and oxygen atoms in total. The highest BCUT2D eigenvalue weighted by atomic mass is 32.2. The summed E-state index contributed by atoms with van der Waals surface area (Å²) >= 11 is 1.54. The zero-order valence-electron chi connectivity index (χ0n) is 18.2. The first-order chi connectivity index (χ1) is 16.2. The Bertz CT molecular complexity index is 1280. The molecule has 0 bridgehead atoms. The van der Waals surface area contributed by atoms with Crippen LogP contribution in [0, 0.1) is 11.3 Å². The lowest BCUT2D eigenvalue weighted by atomic mass is 10.1. The van der Waals surface area contributed by atoms with E-state index in [-0.39, 0.29) is 5.91 Å². The number of carbonyl (C=O) groups is 1. The van der Waals surface area contributed by atoms with Gasteiger partial charge < -0.3 is 14.6 Å². The van der Waals surface area contributed by atoms with Crippen LogP contribution < -0.4 is 5.32 Å². The highest BCUT2D eigenvalue weighted by molar-refractivity contribution is 7.99. The predicted octanol–water partition coefficient (Wildman–Crippen LogP) is 4.27. The summed E-state index contributed by atoms with van der Waals surface area (Å²) in [5, 5.41) is 12.8. The molecule has 4 aromatic rings. The summed E-state index contributed by atoms with van der Waals surface area (Å²) in [6.07, 6.45) is 4.32. The molecule has 33 heavy (non-hydrogen) atoms. The van der Waals surface area contributed by atoms with Crippen molar-refractivity contribution in [2.75, 3.05) is 20.3 Å². The molecule has 0 unspecified atom stereocenters. The molecule has 2 aromatic carbocycles. The van der Waals surface area contributed by atoms with Crippen molar-refractivity contribution in [2.24, 2.45) is 0 Å². The number of carbonyl (C=O) groups excluding carboxylic acids is 1. The van der Waals surface area contributed by atoms with Gasteiger partial charge in [-0.1, -0.05) is 23.9 Å². The van der Waals surface area contributed by atoms with E-state index in [0.29, 0.717) is 30.8 Å². The molecule has 0 atom stereocenters. The summed E-state index contributed by atoms with van der Waals surface area (Å²) in [7, 11) is 1.65. The molecular weight excluding hydrogens is 434 g/mol. The highest BCUT2D eigenvalue weighted by Crippen LogP contribution is 2.30. The van der Waals surface area contributed by atoms with Crippen LogP contribution >= 0.6 is 11.8 Å². The van der Waals surface area contributed by atoms with Gasteiger partial charge >= 0.3 is 0 Å². The van der Waals surface area contributed by atoms with E-state index >= 15 is 0 Å². The predicted molar refractivity (Wildman–Crippen MR) is 127 cm³/mol. The quantitative estimate of drug-likeness (QED) is 0.377. The molecule has 2 aromatic heterocycles. The minimum absolute atomic E-state index is 0.0907. The van der Waals surface area contributed by atoms with Crippen LogP contribution in [0.25, 0.3) is 11.0 Å². The largest absolute Gasteiger partial charge is 0.385 e. The molecule has 0 radical (unpaired) electrons. The first kappa shape index (κ1) is 22.5. The summed E-state index contributed by atoms with van der Waals surface area (Å²) in [5.41, 5.74) is 4.11. The summed E-state index contributed by atoms with van der Waals surface area (Å²) < 4.78 is 7.12. The van der Waals surface area contributed by atoms with Crippen LogP contribution in [0.4, 0.5) is 0 Å². The molecule has 0 aliphatic heterocycles. The number of nitriles is 1. The topological polar surface area (TPSA) is 92.8 Å². The van der Waals surface area contributed by atoms with Gasteiger partial charge in [-0.2, -0.15) is 5.26 Å². The van der Waals surface area contributed by atoms with Crippen molar-refractivity contribution in [3.8, 4) is 6.07 Å². The van der Waals surface area contributed by atoms with Crippen molar-refractivity contribution >= 4 is 28.7 Å². The number of ether oxygens (including phenoxy) is 1. The van der Waals surface area contributed by atoms with Crippen LogP contribution in [-0.2, 0) is 11.3 Å². The normalized spacial score (nSPS) is 10.8. The van der Waals surface area contributed by atoms with Crippen LogP contribution in [0.3, 0.4) is 0 Å². The van der Waals surface area contributed by atoms with Gasteiger partial charge in [-0.15, -0.1) is 0 Å². The molecule has 166 valence electrons. The van der Waals surface area contributed by atoms with Crippen LogP contribution in [-0.4, -0.2) is 40.7 Å². The van der Waals surface area contributed by atoms with Crippen molar-refractivity contribution in [1.29, 1.82) is 5.26 Å². The van der Waals surface area contributed by atoms with E-state index in [1.807, 2.05) is 48.7 Å². The minimum Gasteiger partial charge on any atom is -0.385 e. The smallest absolute Gasteiger partial charge is 0.251 e. The lowest BCUT2D eigenvalue weighted by Crippen LogP contribution is -2.25. The number of benzene rings is 2. The van der Waals surface area contributed by atoms with E-state index in [2.05, 4.69) is 20.9 Å². The Labute approximate surface area is 196 Å². The number of hydrogen-bond acceptors (Lipinski definition) is 6. The average molecular weight is 458 g/mol. The summed E-state index contributed by atoms with van der Waals surface area (Å²) in [6.45, 7) is 1.80. The van der Waals surface area contributed by atoms with Gasteiger partial charge in [-0.3, -0.25) is 9.78 Å². The highest BCUT2D eigenvalue weighted by Gasteiger charge is 2.13. The van der Waals surface area contributed by atoms with Crippen LogP contribution in [0.1, 0.15) is 27.9 Å². The van der Waals surface area contributed by atoms with Gasteiger partial charge in [0.15, 0.2) is 5.16 Å². The number of imidazole rings is 1. The molecule has 8 heteroatoms. The summed E-state index contributed by atoms with van der Waals surface area (Å²) in [6, 6.07) is 19.1.